The summed E-state index contributed by atoms with van der Waals surface area (Å²) in [6, 6.07) is 1.88. The van der Waals surface area contributed by atoms with E-state index in [0.717, 1.165) is 17.7 Å². The fourth-order valence-electron chi connectivity index (χ4n) is 1.68. The topological polar surface area (TPSA) is 79.8 Å². The molecule has 6 heteroatoms. The standard InChI is InChI=1S/C14H17N5O/c1-3-16-13-9-17-12(8-18-13)14(20)19-7-11-4-5-15-6-10(11)2/h4-6,8-9H,3,7H2,1-2H3,(H,16,18)(H,19,20). The van der Waals surface area contributed by atoms with E-state index in [9.17, 15) is 4.79 Å². The number of hydrogen-bond acceptors (Lipinski definition) is 5. The highest BCUT2D eigenvalue weighted by molar-refractivity contribution is 5.91. The summed E-state index contributed by atoms with van der Waals surface area (Å²) >= 11 is 0. The lowest BCUT2D eigenvalue weighted by Crippen LogP contribution is -2.24. The number of carbonyl (C=O) groups is 1. The molecule has 2 N–H and O–H groups in total. The van der Waals surface area contributed by atoms with Crippen LogP contribution >= 0.6 is 0 Å². The molecule has 0 fully saturated rings. The van der Waals surface area contributed by atoms with E-state index in [-0.39, 0.29) is 5.91 Å². The summed E-state index contributed by atoms with van der Waals surface area (Å²) in [7, 11) is 0. The summed E-state index contributed by atoms with van der Waals surface area (Å²) in [6.07, 6.45) is 6.49. The van der Waals surface area contributed by atoms with Gasteiger partial charge in [0.1, 0.15) is 11.5 Å². The van der Waals surface area contributed by atoms with Crippen LogP contribution in [-0.4, -0.2) is 27.4 Å². The summed E-state index contributed by atoms with van der Waals surface area (Å²) < 4.78 is 0. The van der Waals surface area contributed by atoms with Gasteiger partial charge in [-0.15, -0.1) is 0 Å². The summed E-state index contributed by atoms with van der Waals surface area (Å²) in [4.78, 5) is 24.2. The van der Waals surface area contributed by atoms with Gasteiger partial charge in [-0.25, -0.2) is 9.97 Å². The number of nitrogens with one attached hydrogen (secondary N) is 2. The third kappa shape index (κ3) is 3.50. The average molecular weight is 271 g/mol. The van der Waals surface area contributed by atoms with Crippen molar-refractivity contribution in [3.8, 4) is 0 Å². The monoisotopic (exact) mass is 271 g/mol. The maximum absolute atomic E-state index is 11.9. The highest BCUT2D eigenvalue weighted by Gasteiger charge is 2.08. The van der Waals surface area contributed by atoms with Gasteiger partial charge in [-0.2, -0.15) is 0 Å². The molecule has 0 saturated heterocycles. The smallest absolute Gasteiger partial charge is 0.271 e. The van der Waals surface area contributed by atoms with Crippen LogP contribution in [-0.2, 0) is 6.54 Å². The molecule has 0 spiro atoms. The van der Waals surface area contributed by atoms with Crippen molar-refractivity contribution in [2.24, 2.45) is 0 Å². The summed E-state index contributed by atoms with van der Waals surface area (Å²) in [5.74, 6) is 0.422. The zero-order chi connectivity index (χ0) is 14.4. The molecule has 2 rings (SSSR count). The van der Waals surface area contributed by atoms with Crippen LogP contribution in [0.2, 0.25) is 0 Å². The van der Waals surface area contributed by atoms with E-state index in [2.05, 4.69) is 25.6 Å². The Morgan fingerprint density at radius 1 is 1.25 bits per heavy atom. The molecule has 0 aliphatic heterocycles. The van der Waals surface area contributed by atoms with Gasteiger partial charge in [-0.05, 0) is 31.0 Å². The van der Waals surface area contributed by atoms with Crippen molar-refractivity contribution in [2.45, 2.75) is 20.4 Å². The van der Waals surface area contributed by atoms with Crippen molar-refractivity contribution in [2.75, 3.05) is 11.9 Å². The minimum Gasteiger partial charge on any atom is -0.369 e. The van der Waals surface area contributed by atoms with Crippen molar-refractivity contribution >= 4 is 11.7 Å². The molecule has 2 heterocycles. The first-order valence-corrected chi connectivity index (χ1v) is 6.44. The first-order valence-electron chi connectivity index (χ1n) is 6.44. The Morgan fingerprint density at radius 3 is 2.75 bits per heavy atom. The van der Waals surface area contributed by atoms with Gasteiger partial charge in [0, 0.05) is 25.5 Å². The first kappa shape index (κ1) is 13.9. The van der Waals surface area contributed by atoms with Crippen LogP contribution in [0.1, 0.15) is 28.5 Å². The van der Waals surface area contributed by atoms with Crippen molar-refractivity contribution in [1.82, 2.24) is 20.3 Å². The molecule has 2 aromatic heterocycles. The van der Waals surface area contributed by atoms with Crippen molar-refractivity contribution in [1.29, 1.82) is 0 Å². The van der Waals surface area contributed by atoms with E-state index in [1.165, 1.54) is 6.20 Å². The predicted octanol–water partition coefficient (Wildman–Crippen LogP) is 1.54. The molecule has 104 valence electrons. The van der Waals surface area contributed by atoms with Crippen LogP contribution in [0.25, 0.3) is 0 Å². The number of nitrogens with zero attached hydrogens (tertiary/aromatic N) is 3. The van der Waals surface area contributed by atoms with Crippen LogP contribution in [0.5, 0.6) is 0 Å². The highest BCUT2D eigenvalue weighted by atomic mass is 16.1. The second-order valence-corrected chi connectivity index (χ2v) is 4.30. The lowest BCUT2D eigenvalue weighted by Gasteiger charge is -2.07. The number of carbonyl (C=O) groups excluding carboxylic acids is 1. The lowest BCUT2D eigenvalue weighted by atomic mass is 10.1. The minimum atomic E-state index is -0.239. The van der Waals surface area contributed by atoms with Crippen LogP contribution in [0.4, 0.5) is 5.82 Å². The number of aromatic nitrogens is 3. The largest absolute Gasteiger partial charge is 0.369 e. The lowest BCUT2D eigenvalue weighted by molar-refractivity contribution is 0.0945. The fourth-order valence-corrected chi connectivity index (χ4v) is 1.68. The second kappa shape index (κ2) is 6.60. The maximum atomic E-state index is 11.9. The highest BCUT2D eigenvalue weighted by Crippen LogP contribution is 2.05. The Bertz CT molecular complexity index is 582. The number of aryl methyl sites for hydroxylation is 1. The van der Waals surface area contributed by atoms with E-state index in [4.69, 9.17) is 0 Å². The molecule has 0 aromatic carbocycles. The van der Waals surface area contributed by atoms with Gasteiger partial charge < -0.3 is 10.6 Å². The molecule has 0 atom stereocenters. The van der Waals surface area contributed by atoms with Crippen molar-refractivity contribution < 1.29 is 4.79 Å². The molecule has 0 bridgehead atoms. The first-order chi connectivity index (χ1) is 9.70. The molecule has 6 nitrogen and oxygen atoms in total. The Kier molecular flexibility index (Phi) is 4.60. The number of rotatable bonds is 5. The number of hydrogen-bond donors (Lipinski definition) is 2. The van der Waals surface area contributed by atoms with Gasteiger partial charge in [0.05, 0.1) is 12.4 Å². The van der Waals surface area contributed by atoms with Gasteiger partial charge in [-0.3, -0.25) is 9.78 Å². The summed E-state index contributed by atoms with van der Waals surface area (Å²) in [6.45, 7) is 5.14. The second-order valence-electron chi connectivity index (χ2n) is 4.30. The van der Waals surface area contributed by atoms with Crippen molar-refractivity contribution in [3.05, 3.63) is 47.7 Å². The SMILES string of the molecule is CCNc1cnc(C(=O)NCc2ccncc2C)cn1. The molecule has 0 radical (unpaired) electrons. The zero-order valence-electron chi connectivity index (χ0n) is 11.6. The molecule has 0 saturated carbocycles. The summed E-state index contributed by atoms with van der Waals surface area (Å²) in [5, 5.41) is 5.84. The molecule has 2 aromatic rings. The van der Waals surface area contributed by atoms with E-state index in [1.807, 2.05) is 19.9 Å². The van der Waals surface area contributed by atoms with Crippen LogP contribution in [0.3, 0.4) is 0 Å². The third-order valence-electron chi connectivity index (χ3n) is 2.82. The zero-order valence-corrected chi connectivity index (χ0v) is 11.6. The molecular formula is C14H17N5O. The molecule has 20 heavy (non-hydrogen) atoms. The molecule has 0 aliphatic carbocycles. The molecule has 0 aliphatic rings. The van der Waals surface area contributed by atoms with Gasteiger partial charge in [0.25, 0.3) is 5.91 Å². The maximum Gasteiger partial charge on any atom is 0.271 e. The Labute approximate surface area is 117 Å². The Balaban J connectivity index is 1.96. The predicted molar refractivity (Wildman–Crippen MR) is 76.3 cm³/mol. The molecule has 0 unspecified atom stereocenters. The summed E-state index contributed by atoms with van der Waals surface area (Å²) in [5.41, 5.74) is 2.38. The van der Waals surface area contributed by atoms with Crippen LogP contribution < -0.4 is 10.6 Å². The fraction of sp³-hybridized carbons (Fsp3) is 0.286. The van der Waals surface area contributed by atoms with Crippen molar-refractivity contribution in [3.63, 3.8) is 0 Å². The number of pyridine rings is 1. The third-order valence-corrected chi connectivity index (χ3v) is 2.82. The van der Waals surface area contributed by atoms with Crippen LogP contribution in [0.15, 0.2) is 30.9 Å². The quantitative estimate of drug-likeness (QED) is 0.862. The molecule has 1 amide bonds. The normalized spacial score (nSPS) is 10.1. The van der Waals surface area contributed by atoms with Gasteiger partial charge in [-0.1, -0.05) is 0 Å². The average Bonchev–Trinajstić information content (AvgIpc) is 2.47. The van der Waals surface area contributed by atoms with Gasteiger partial charge in [0.15, 0.2) is 0 Å². The van der Waals surface area contributed by atoms with E-state index in [0.29, 0.717) is 18.1 Å². The molecular weight excluding hydrogens is 254 g/mol. The van der Waals surface area contributed by atoms with E-state index in [1.54, 1.807) is 18.6 Å². The number of amides is 1. The van der Waals surface area contributed by atoms with E-state index < -0.39 is 0 Å². The minimum absolute atomic E-state index is 0.239. The number of anilines is 1. The Hall–Kier alpha value is -2.50. The van der Waals surface area contributed by atoms with Crippen LogP contribution in [0, 0.1) is 6.92 Å². The van der Waals surface area contributed by atoms with Gasteiger partial charge in [0.2, 0.25) is 0 Å². The Morgan fingerprint density at radius 2 is 2.10 bits per heavy atom. The van der Waals surface area contributed by atoms with E-state index >= 15 is 0 Å². The van der Waals surface area contributed by atoms with Gasteiger partial charge >= 0.3 is 0 Å².